The van der Waals surface area contributed by atoms with E-state index in [4.69, 9.17) is 4.74 Å². The quantitative estimate of drug-likeness (QED) is 0.622. The topological polar surface area (TPSA) is 28.6 Å². The zero-order valence-corrected chi connectivity index (χ0v) is 13.2. The van der Waals surface area contributed by atoms with Gasteiger partial charge < -0.3 is 14.5 Å². The number of anilines is 2. The summed E-state index contributed by atoms with van der Waals surface area (Å²) in [6, 6.07) is 4.04. The number of nitrogens with zero attached hydrogens (tertiary/aromatic N) is 3. The van der Waals surface area contributed by atoms with Crippen LogP contribution < -0.4 is 14.5 Å². The summed E-state index contributed by atoms with van der Waals surface area (Å²) < 4.78 is 72.7. The van der Waals surface area contributed by atoms with E-state index in [0.29, 0.717) is 24.5 Å². The maximum Gasteiger partial charge on any atom is 0.253 e. The van der Waals surface area contributed by atoms with Gasteiger partial charge in [-0.3, -0.25) is 0 Å². The number of halogens is 5. The van der Waals surface area contributed by atoms with Gasteiger partial charge in [-0.2, -0.15) is 22.5 Å². The molecule has 1 saturated heterocycles. The van der Waals surface area contributed by atoms with E-state index in [-0.39, 0.29) is 13.1 Å². The molecule has 3 rings (SSSR count). The molecule has 0 aliphatic carbocycles. The van der Waals surface area contributed by atoms with Crippen LogP contribution in [0.4, 0.5) is 33.3 Å². The third-order valence-corrected chi connectivity index (χ3v) is 4.05. The van der Waals surface area contributed by atoms with Crippen molar-refractivity contribution >= 4 is 11.4 Å². The summed E-state index contributed by atoms with van der Waals surface area (Å²) in [4.78, 5) is 5.59. The summed E-state index contributed by atoms with van der Waals surface area (Å²) in [5, 5.41) is 0. The van der Waals surface area contributed by atoms with Gasteiger partial charge in [0.2, 0.25) is 11.6 Å². The fourth-order valence-corrected chi connectivity index (χ4v) is 2.84. The monoisotopic (exact) mass is 359 g/mol. The molecule has 1 aliphatic heterocycles. The molecule has 0 atom stereocenters. The molecule has 2 aromatic rings. The Bertz CT molecular complexity index is 768. The second-order valence-corrected chi connectivity index (χ2v) is 5.46. The summed E-state index contributed by atoms with van der Waals surface area (Å²) in [5.74, 6) is -6.54. The predicted molar refractivity (Wildman–Crippen MR) is 81.4 cm³/mol. The minimum atomic E-state index is -1.68. The first kappa shape index (κ1) is 17.2. The predicted octanol–water partition coefficient (Wildman–Crippen LogP) is 3.11. The maximum absolute atomic E-state index is 13.8. The Morgan fingerprint density at radius 1 is 0.880 bits per heavy atom. The van der Waals surface area contributed by atoms with Crippen LogP contribution in [-0.2, 0) is 0 Å². The zero-order valence-electron chi connectivity index (χ0n) is 13.2. The van der Waals surface area contributed by atoms with E-state index < -0.39 is 35.0 Å². The van der Waals surface area contributed by atoms with Gasteiger partial charge in [0, 0.05) is 32.2 Å². The Hall–Kier alpha value is -2.58. The van der Waals surface area contributed by atoms with Crippen LogP contribution >= 0.6 is 0 Å². The van der Waals surface area contributed by atoms with Gasteiger partial charge in [-0.15, -0.1) is 0 Å². The average Bonchev–Trinajstić information content (AvgIpc) is 2.61. The van der Waals surface area contributed by atoms with E-state index in [0.717, 1.165) is 0 Å². The Balaban J connectivity index is 1.82. The molecule has 1 aromatic carbocycles. The SMILES string of the molecule is COc1cc(F)ccc1N1CCN(c2c(F)c(F)nc(F)c2F)CC1. The molecule has 0 bridgehead atoms. The number of ether oxygens (including phenoxy) is 1. The number of hydrogen-bond donors (Lipinski definition) is 0. The number of aromatic nitrogens is 1. The fraction of sp³-hybridized carbons (Fsp3) is 0.312. The van der Waals surface area contributed by atoms with Gasteiger partial charge in [0.05, 0.1) is 12.8 Å². The molecule has 9 heteroatoms. The number of hydrogen-bond acceptors (Lipinski definition) is 4. The molecule has 4 nitrogen and oxygen atoms in total. The number of piperazine rings is 1. The Morgan fingerprint density at radius 2 is 1.44 bits per heavy atom. The molecule has 0 unspecified atom stereocenters. The van der Waals surface area contributed by atoms with E-state index >= 15 is 0 Å². The van der Waals surface area contributed by atoms with Crippen molar-refractivity contribution in [3.8, 4) is 5.75 Å². The second kappa shape index (κ2) is 6.73. The lowest BCUT2D eigenvalue weighted by molar-refractivity contribution is 0.403. The Kier molecular flexibility index (Phi) is 4.65. The lowest BCUT2D eigenvalue weighted by Crippen LogP contribution is -2.47. The lowest BCUT2D eigenvalue weighted by Gasteiger charge is -2.37. The van der Waals surface area contributed by atoms with Gasteiger partial charge in [-0.25, -0.2) is 4.39 Å². The highest BCUT2D eigenvalue weighted by Gasteiger charge is 2.28. The van der Waals surface area contributed by atoms with Crippen molar-refractivity contribution in [1.82, 2.24) is 4.98 Å². The van der Waals surface area contributed by atoms with Gasteiger partial charge in [0.25, 0.3) is 11.9 Å². The normalized spacial score (nSPS) is 14.8. The highest BCUT2D eigenvalue weighted by Crippen LogP contribution is 2.32. The molecule has 2 heterocycles. The highest BCUT2D eigenvalue weighted by molar-refractivity contribution is 5.60. The first-order valence-corrected chi connectivity index (χ1v) is 7.45. The molecule has 0 amide bonds. The molecule has 1 fully saturated rings. The van der Waals surface area contributed by atoms with Crippen LogP contribution in [-0.4, -0.2) is 38.3 Å². The van der Waals surface area contributed by atoms with Crippen LogP contribution in [0.1, 0.15) is 0 Å². The fourth-order valence-electron chi connectivity index (χ4n) is 2.84. The van der Waals surface area contributed by atoms with Crippen molar-refractivity contribution in [1.29, 1.82) is 0 Å². The second-order valence-electron chi connectivity index (χ2n) is 5.46. The van der Waals surface area contributed by atoms with Crippen LogP contribution in [0.2, 0.25) is 0 Å². The summed E-state index contributed by atoms with van der Waals surface area (Å²) in [7, 11) is 1.40. The molecule has 0 spiro atoms. The zero-order chi connectivity index (χ0) is 18.1. The summed E-state index contributed by atoms with van der Waals surface area (Å²) in [6.45, 7) is 0.813. The van der Waals surface area contributed by atoms with Crippen LogP contribution in [0.5, 0.6) is 5.75 Å². The van der Waals surface area contributed by atoms with E-state index in [2.05, 4.69) is 4.98 Å². The average molecular weight is 359 g/mol. The third kappa shape index (κ3) is 3.18. The molecule has 1 aliphatic rings. The minimum absolute atomic E-state index is 0.108. The smallest absolute Gasteiger partial charge is 0.253 e. The maximum atomic E-state index is 13.8. The van der Waals surface area contributed by atoms with E-state index in [1.54, 1.807) is 0 Å². The van der Waals surface area contributed by atoms with Crippen molar-refractivity contribution in [2.24, 2.45) is 0 Å². The van der Waals surface area contributed by atoms with E-state index in [9.17, 15) is 22.0 Å². The molecular formula is C16H14F5N3O. The van der Waals surface area contributed by atoms with Crippen LogP contribution in [0.15, 0.2) is 18.2 Å². The van der Waals surface area contributed by atoms with Crippen molar-refractivity contribution in [3.63, 3.8) is 0 Å². The largest absolute Gasteiger partial charge is 0.494 e. The van der Waals surface area contributed by atoms with Crippen molar-refractivity contribution < 1.29 is 26.7 Å². The third-order valence-electron chi connectivity index (χ3n) is 4.05. The van der Waals surface area contributed by atoms with Crippen molar-refractivity contribution in [3.05, 3.63) is 47.5 Å². The molecule has 1 aromatic heterocycles. The number of methoxy groups -OCH3 is 1. The summed E-state index contributed by atoms with van der Waals surface area (Å²) in [6.07, 6.45) is 0. The van der Waals surface area contributed by atoms with Crippen LogP contribution in [0.3, 0.4) is 0 Å². The molecular weight excluding hydrogens is 345 g/mol. The highest BCUT2D eigenvalue weighted by atomic mass is 19.2. The van der Waals surface area contributed by atoms with E-state index in [1.165, 1.54) is 30.2 Å². The molecule has 0 radical (unpaired) electrons. The lowest BCUT2D eigenvalue weighted by atomic mass is 10.2. The Labute approximate surface area is 140 Å². The van der Waals surface area contributed by atoms with Crippen molar-refractivity contribution in [2.45, 2.75) is 0 Å². The number of rotatable bonds is 3. The Morgan fingerprint density at radius 3 is 2.00 bits per heavy atom. The molecule has 0 N–H and O–H groups in total. The van der Waals surface area contributed by atoms with Gasteiger partial charge in [0.1, 0.15) is 17.3 Å². The van der Waals surface area contributed by atoms with Crippen LogP contribution in [0, 0.1) is 29.3 Å². The van der Waals surface area contributed by atoms with Gasteiger partial charge in [-0.05, 0) is 12.1 Å². The van der Waals surface area contributed by atoms with Gasteiger partial charge in [-0.1, -0.05) is 0 Å². The van der Waals surface area contributed by atoms with E-state index in [1.807, 2.05) is 4.90 Å². The van der Waals surface area contributed by atoms with Crippen LogP contribution in [0.25, 0.3) is 0 Å². The first-order chi connectivity index (χ1) is 11.9. The minimum Gasteiger partial charge on any atom is -0.494 e. The number of pyridine rings is 1. The molecule has 0 saturated carbocycles. The van der Waals surface area contributed by atoms with Gasteiger partial charge >= 0.3 is 0 Å². The summed E-state index contributed by atoms with van der Waals surface area (Å²) in [5.41, 5.74) is -0.146. The number of benzene rings is 1. The standard InChI is InChI=1S/C16H14F5N3O/c1-25-11-8-9(17)2-3-10(11)23-4-6-24(7-5-23)14-12(18)15(20)22-16(21)13(14)19/h2-3,8H,4-7H2,1H3. The summed E-state index contributed by atoms with van der Waals surface area (Å²) >= 11 is 0. The molecule has 134 valence electrons. The van der Waals surface area contributed by atoms with Gasteiger partial charge in [0.15, 0.2) is 0 Å². The van der Waals surface area contributed by atoms with Crippen molar-refractivity contribution in [2.75, 3.05) is 43.1 Å². The first-order valence-electron chi connectivity index (χ1n) is 7.45. The molecule has 25 heavy (non-hydrogen) atoms.